The molecule has 0 aliphatic rings. The smallest absolute Gasteiger partial charge is 0.326 e. The first-order valence-corrected chi connectivity index (χ1v) is 11.8. The largest absolute Gasteiger partial charge is 0.489 e. The average Bonchev–Trinajstić information content (AvgIpc) is 2.91. The summed E-state index contributed by atoms with van der Waals surface area (Å²) < 4.78 is 6.08. The van der Waals surface area contributed by atoms with Gasteiger partial charge >= 0.3 is 5.97 Å². The van der Waals surface area contributed by atoms with Crippen LogP contribution in [0.5, 0.6) is 5.75 Å². The number of rotatable bonds is 8. The molecule has 0 heterocycles. The van der Waals surface area contributed by atoms with Crippen LogP contribution in [0.4, 0.5) is 0 Å². The van der Waals surface area contributed by atoms with Crippen LogP contribution in [0, 0.1) is 0 Å². The topological polar surface area (TPSA) is 75.6 Å². The highest BCUT2D eigenvalue weighted by Gasteiger charge is 2.21. The fourth-order valence-electron chi connectivity index (χ4n) is 4.33. The van der Waals surface area contributed by atoms with Crippen LogP contribution < -0.4 is 10.1 Å². The molecule has 0 spiro atoms. The molecule has 0 fully saturated rings. The second-order valence-corrected chi connectivity index (χ2v) is 8.70. The molecule has 5 aromatic rings. The molecule has 1 atom stereocenters. The summed E-state index contributed by atoms with van der Waals surface area (Å²) in [7, 11) is 0. The van der Waals surface area contributed by atoms with E-state index in [0.717, 1.165) is 27.6 Å². The number of amides is 1. The number of benzene rings is 5. The van der Waals surface area contributed by atoms with Crippen LogP contribution in [0.15, 0.2) is 109 Å². The third-order valence-electron chi connectivity index (χ3n) is 6.23. The predicted molar refractivity (Wildman–Crippen MR) is 141 cm³/mol. The van der Waals surface area contributed by atoms with Crippen molar-refractivity contribution < 1.29 is 19.4 Å². The summed E-state index contributed by atoms with van der Waals surface area (Å²) >= 11 is 0. The van der Waals surface area contributed by atoms with E-state index < -0.39 is 17.9 Å². The van der Waals surface area contributed by atoms with Crippen molar-refractivity contribution in [2.45, 2.75) is 19.1 Å². The van der Waals surface area contributed by atoms with Crippen molar-refractivity contribution in [2.75, 3.05) is 0 Å². The van der Waals surface area contributed by atoms with Crippen molar-refractivity contribution in [3.8, 4) is 5.75 Å². The Labute approximate surface area is 209 Å². The highest BCUT2D eigenvalue weighted by Crippen LogP contribution is 2.25. The van der Waals surface area contributed by atoms with Crippen LogP contribution in [0.1, 0.15) is 21.5 Å². The van der Waals surface area contributed by atoms with Gasteiger partial charge in [-0.1, -0.05) is 84.9 Å². The SMILES string of the molecule is O=C(NC(Cc1ccccc1)C(=O)O)c1ccc2cc(OCc3cccc4ccccc34)ccc2c1. The van der Waals surface area contributed by atoms with Crippen molar-refractivity contribution >= 4 is 33.4 Å². The summed E-state index contributed by atoms with van der Waals surface area (Å²) in [5, 5.41) is 16.4. The molecule has 0 bridgehead atoms. The molecule has 5 rings (SSSR count). The third kappa shape index (κ3) is 5.20. The molecule has 5 aromatic carbocycles. The van der Waals surface area contributed by atoms with Crippen LogP contribution in [0.25, 0.3) is 21.5 Å². The van der Waals surface area contributed by atoms with Gasteiger partial charge in [-0.05, 0) is 56.9 Å². The van der Waals surface area contributed by atoms with E-state index in [1.54, 1.807) is 12.1 Å². The lowest BCUT2D eigenvalue weighted by molar-refractivity contribution is -0.139. The number of nitrogens with one attached hydrogen (secondary N) is 1. The van der Waals surface area contributed by atoms with Gasteiger partial charge in [0.15, 0.2) is 0 Å². The zero-order chi connectivity index (χ0) is 24.9. The van der Waals surface area contributed by atoms with Crippen molar-refractivity contribution in [3.05, 3.63) is 126 Å². The summed E-state index contributed by atoms with van der Waals surface area (Å²) in [6.07, 6.45) is 0.215. The summed E-state index contributed by atoms with van der Waals surface area (Å²) in [5.74, 6) is -0.751. The monoisotopic (exact) mass is 475 g/mol. The Morgan fingerprint density at radius 1 is 0.750 bits per heavy atom. The fraction of sp³-hybridized carbons (Fsp3) is 0.0968. The minimum Gasteiger partial charge on any atom is -0.489 e. The Morgan fingerprint density at radius 2 is 1.47 bits per heavy atom. The first-order valence-electron chi connectivity index (χ1n) is 11.8. The van der Waals surface area contributed by atoms with Crippen LogP contribution in [-0.2, 0) is 17.8 Å². The molecule has 2 N–H and O–H groups in total. The number of carboxylic acids is 1. The Kier molecular flexibility index (Phi) is 6.63. The number of hydrogen-bond donors (Lipinski definition) is 2. The molecule has 0 aliphatic heterocycles. The van der Waals surface area contributed by atoms with Gasteiger partial charge in [-0.15, -0.1) is 0 Å². The molecule has 5 heteroatoms. The summed E-state index contributed by atoms with van der Waals surface area (Å²) in [6, 6.07) is 33.7. The van der Waals surface area contributed by atoms with Gasteiger partial charge in [-0.3, -0.25) is 4.79 Å². The van der Waals surface area contributed by atoms with Gasteiger partial charge in [0.25, 0.3) is 5.91 Å². The molecule has 1 unspecified atom stereocenters. The minimum atomic E-state index is -1.07. The number of hydrogen-bond acceptors (Lipinski definition) is 3. The number of fused-ring (bicyclic) bond motifs is 2. The second kappa shape index (κ2) is 10.3. The van der Waals surface area contributed by atoms with Crippen LogP contribution in [0.2, 0.25) is 0 Å². The average molecular weight is 476 g/mol. The number of carbonyl (C=O) groups excluding carboxylic acids is 1. The van der Waals surface area contributed by atoms with Gasteiger partial charge in [-0.2, -0.15) is 0 Å². The Balaban J connectivity index is 1.29. The van der Waals surface area contributed by atoms with E-state index >= 15 is 0 Å². The second-order valence-electron chi connectivity index (χ2n) is 8.70. The van der Waals surface area contributed by atoms with Gasteiger partial charge in [-0.25, -0.2) is 4.79 Å². The molecule has 1 amide bonds. The first-order chi connectivity index (χ1) is 17.6. The van der Waals surface area contributed by atoms with Gasteiger partial charge in [0.05, 0.1) is 0 Å². The van der Waals surface area contributed by atoms with Crippen LogP contribution in [-0.4, -0.2) is 23.0 Å². The predicted octanol–water partition coefficient (Wildman–Crippen LogP) is 6.00. The molecular formula is C31H25NO4. The molecule has 5 nitrogen and oxygen atoms in total. The minimum absolute atomic E-state index is 0.215. The lowest BCUT2D eigenvalue weighted by atomic mass is 10.0. The van der Waals surface area contributed by atoms with E-state index in [9.17, 15) is 14.7 Å². The Morgan fingerprint density at radius 3 is 2.31 bits per heavy atom. The first kappa shape index (κ1) is 23.1. The highest BCUT2D eigenvalue weighted by molar-refractivity contribution is 6.00. The molecule has 0 radical (unpaired) electrons. The number of aliphatic carboxylic acids is 1. The Bertz CT molecular complexity index is 1540. The molecule has 0 aliphatic carbocycles. The molecule has 0 saturated carbocycles. The van der Waals surface area contributed by atoms with Crippen molar-refractivity contribution in [1.29, 1.82) is 0 Å². The highest BCUT2D eigenvalue weighted by atomic mass is 16.5. The lowest BCUT2D eigenvalue weighted by Crippen LogP contribution is -2.42. The van der Waals surface area contributed by atoms with E-state index in [-0.39, 0.29) is 6.42 Å². The van der Waals surface area contributed by atoms with E-state index in [4.69, 9.17) is 4.74 Å². The number of ether oxygens (including phenoxy) is 1. The molecule has 0 aromatic heterocycles. The van der Waals surface area contributed by atoms with E-state index in [2.05, 4.69) is 29.6 Å². The molecule has 0 saturated heterocycles. The van der Waals surface area contributed by atoms with Gasteiger partial charge in [0.1, 0.15) is 18.4 Å². The fourth-order valence-corrected chi connectivity index (χ4v) is 4.33. The normalized spacial score (nSPS) is 11.8. The maximum Gasteiger partial charge on any atom is 0.326 e. The number of carboxylic acid groups (broad SMARTS) is 1. The number of carbonyl (C=O) groups is 2. The Hall–Kier alpha value is -4.64. The van der Waals surface area contributed by atoms with Crippen LogP contribution in [0.3, 0.4) is 0 Å². The quantitative estimate of drug-likeness (QED) is 0.289. The van der Waals surface area contributed by atoms with Crippen molar-refractivity contribution in [1.82, 2.24) is 5.32 Å². The van der Waals surface area contributed by atoms with Gasteiger partial charge in [0, 0.05) is 12.0 Å². The molecule has 36 heavy (non-hydrogen) atoms. The van der Waals surface area contributed by atoms with Gasteiger partial charge < -0.3 is 15.2 Å². The summed E-state index contributed by atoms with van der Waals surface area (Å²) in [4.78, 5) is 24.6. The zero-order valence-corrected chi connectivity index (χ0v) is 19.6. The van der Waals surface area contributed by atoms with E-state index in [0.29, 0.717) is 12.2 Å². The third-order valence-corrected chi connectivity index (χ3v) is 6.23. The van der Waals surface area contributed by atoms with Crippen LogP contribution >= 0.6 is 0 Å². The lowest BCUT2D eigenvalue weighted by Gasteiger charge is -2.15. The summed E-state index contributed by atoms with van der Waals surface area (Å²) in [6.45, 7) is 0.450. The van der Waals surface area contributed by atoms with E-state index in [1.807, 2.05) is 72.8 Å². The standard InChI is InChI=1S/C31H25NO4/c33-30(32-29(31(34)35)17-21-7-2-1-3-8-21)25-14-13-24-19-27(16-15-23(24)18-25)36-20-26-11-6-10-22-9-4-5-12-28(22)26/h1-16,18-19,29H,17,20H2,(H,32,33)(H,34,35). The van der Waals surface area contributed by atoms with Crippen molar-refractivity contribution in [2.24, 2.45) is 0 Å². The maximum atomic E-state index is 12.8. The molecule has 178 valence electrons. The molecular weight excluding hydrogens is 450 g/mol. The zero-order valence-electron chi connectivity index (χ0n) is 19.6. The van der Waals surface area contributed by atoms with Crippen molar-refractivity contribution in [3.63, 3.8) is 0 Å². The maximum absolute atomic E-state index is 12.8. The summed E-state index contributed by atoms with van der Waals surface area (Å²) in [5.41, 5.74) is 2.37. The van der Waals surface area contributed by atoms with E-state index in [1.165, 1.54) is 10.8 Å². The van der Waals surface area contributed by atoms with Gasteiger partial charge in [0.2, 0.25) is 0 Å².